The minimum atomic E-state index is 1.26. The molecule has 0 aliphatic rings. The number of thiophene rings is 2. The maximum absolute atomic E-state index is 2.21. The van der Waals surface area contributed by atoms with Crippen LogP contribution in [-0.2, 0) is 0 Å². The lowest BCUT2D eigenvalue weighted by Gasteiger charge is -2.05. The molecule has 0 radical (unpaired) electrons. The van der Waals surface area contributed by atoms with Crippen LogP contribution in [0.1, 0.15) is 20.9 Å². The van der Waals surface area contributed by atoms with Crippen molar-refractivity contribution < 1.29 is 0 Å². The van der Waals surface area contributed by atoms with Crippen molar-refractivity contribution in [3.8, 4) is 0 Å². The number of hydrogen-bond donors (Lipinski definition) is 0. The molecule has 0 N–H and O–H groups in total. The predicted molar refractivity (Wildman–Crippen MR) is 110 cm³/mol. The van der Waals surface area contributed by atoms with Gasteiger partial charge in [-0.15, -0.1) is 22.7 Å². The molecule has 2 aromatic carbocycles. The van der Waals surface area contributed by atoms with Crippen LogP contribution in [0.2, 0.25) is 0 Å². The second kappa shape index (κ2) is 7.00. The fourth-order valence-corrected chi connectivity index (χ4v) is 4.00. The molecule has 0 bridgehead atoms. The molecule has 2 heteroatoms. The molecular weight excluding hydrogens is 328 g/mol. The molecule has 2 aromatic heterocycles. The molecule has 0 saturated heterocycles. The van der Waals surface area contributed by atoms with Crippen molar-refractivity contribution in [3.63, 3.8) is 0 Å². The van der Waals surface area contributed by atoms with E-state index in [4.69, 9.17) is 0 Å². The summed E-state index contributed by atoms with van der Waals surface area (Å²) in [4.78, 5) is 2.56. The van der Waals surface area contributed by atoms with Crippen LogP contribution in [0.15, 0.2) is 71.4 Å². The molecule has 0 fully saturated rings. The molecule has 116 valence electrons. The summed E-state index contributed by atoms with van der Waals surface area (Å²) in [5.74, 6) is 0. The SMILES string of the molecule is C(=C/c1cccc2c(/C=C\c3cccs3)cccc12)/c1cccs1. The molecule has 0 nitrogen and oxygen atoms in total. The quantitative estimate of drug-likeness (QED) is 0.364. The average Bonchev–Trinajstić information content (AvgIpc) is 3.31. The van der Waals surface area contributed by atoms with E-state index in [9.17, 15) is 0 Å². The second-order valence-corrected chi connectivity index (χ2v) is 7.45. The lowest BCUT2D eigenvalue weighted by Crippen LogP contribution is -1.82. The summed E-state index contributed by atoms with van der Waals surface area (Å²) in [7, 11) is 0. The Hall–Kier alpha value is -2.42. The van der Waals surface area contributed by atoms with Crippen LogP contribution in [0, 0.1) is 0 Å². The van der Waals surface area contributed by atoms with Crippen LogP contribution >= 0.6 is 22.7 Å². The summed E-state index contributed by atoms with van der Waals surface area (Å²) >= 11 is 3.52. The van der Waals surface area contributed by atoms with E-state index >= 15 is 0 Å². The van der Waals surface area contributed by atoms with E-state index in [1.54, 1.807) is 22.7 Å². The number of benzene rings is 2. The van der Waals surface area contributed by atoms with Gasteiger partial charge in [-0.05, 0) is 56.9 Å². The van der Waals surface area contributed by atoms with E-state index in [1.165, 1.54) is 31.7 Å². The summed E-state index contributed by atoms with van der Waals surface area (Å²) in [6.45, 7) is 0. The van der Waals surface area contributed by atoms with Crippen molar-refractivity contribution in [3.05, 3.63) is 92.3 Å². The van der Waals surface area contributed by atoms with Gasteiger partial charge in [-0.1, -0.05) is 60.7 Å². The maximum Gasteiger partial charge on any atom is 0.0270 e. The highest BCUT2D eigenvalue weighted by Gasteiger charge is 2.01. The Balaban J connectivity index is 1.74. The van der Waals surface area contributed by atoms with Gasteiger partial charge in [0.2, 0.25) is 0 Å². The van der Waals surface area contributed by atoms with E-state index in [-0.39, 0.29) is 0 Å². The van der Waals surface area contributed by atoms with E-state index in [0.29, 0.717) is 0 Å². The molecular formula is C22H16S2. The van der Waals surface area contributed by atoms with Gasteiger partial charge in [0.05, 0.1) is 0 Å². The lowest BCUT2D eigenvalue weighted by atomic mass is 9.99. The zero-order valence-electron chi connectivity index (χ0n) is 13.1. The Bertz CT molecular complexity index is 904. The summed E-state index contributed by atoms with van der Waals surface area (Å²) < 4.78 is 0. The molecule has 0 saturated carbocycles. The van der Waals surface area contributed by atoms with E-state index in [0.717, 1.165) is 0 Å². The summed E-state index contributed by atoms with van der Waals surface area (Å²) in [6, 6.07) is 21.5. The van der Waals surface area contributed by atoms with Gasteiger partial charge in [0.15, 0.2) is 0 Å². The molecule has 24 heavy (non-hydrogen) atoms. The van der Waals surface area contributed by atoms with Gasteiger partial charge in [0, 0.05) is 9.75 Å². The van der Waals surface area contributed by atoms with Gasteiger partial charge < -0.3 is 0 Å². The molecule has 0 amide bonds. The topological polar surface area (TPSA) is 0 Å². The van der Waals surface area contributed by atoms with Crippen molar-refractivity contribution in [2.45, 2.75) is 0 Å². The standard InChI is InChI=1S/C22H16S2/c1-5-17(11-13-19-7-3-15-23-19)22-10-2-6-18(21(22)9-1)12-14-20-8-4-16-24-20/h1-16H/b13-11-,14-12-. The van der Waals surface area contributed by atoms with Crippen LogP contribution < -0.4 is 0 Å². The van der Waals surface area contributed by atoms with Crippen molar-refractivity contribution in [1.29, 1.82) is 0 Å². The van der Waals surface area contributed by atoms with Crippen LogP contribution in [0.25, 0.3) is 35.1 Å². The predicted octanol–water partition coefficient (Wildman–Crippen LogP) is 7.30. The largest absolute Gasteiger partial charge is 0.144 e. The van der Waals surface area contributed by atoms with E-state index in [2.05, 4.69) is 95.7 Å². The van der Waals surface area contributed by atoms with Crippen molar-refractivity contribution in [1.82, 2.24) is 0 Å². The van der Waals surface area contributed by atoms with Gasteiger partial charge in [0.1, 0.15) is 0 Å². The van der Waals surface area contributed by atoms with Gasteiger partial charge >= 0.3 is 0 Å². The smallest absolute Gasteiger partial charge is 0.0270 e. The molecule has 0 aliphatic carbocycles. The number of fused-ring (bicyclic) bond motifs is 1. The third-order valence-electron chi connectivity index (χ3n) is 3.93. The highest BCUT2D eigenvalue weighted by Crippen LogP contribution is 2.26. The third-order valence-corrected chi connectivity index (χ3v) is 5.61. The first-order chi connectivity index (χ1) is 11.9. The lowest BCUT2D eigenvalue weighted by molar-refractivity contribution is 1.69. The Labute approximate surface area is 150 Å². The van der Waals surface area contributed by atoms with Crippen LogP contribution in [-0.4, -0.2) is 0 Å². The Morgan fingerprint density at radius 2 is 1.00 bits per heavy atom. The summed E-state index contributed by atoms with van der Waals surface area (Å²) in [6.07, 6.45) is 8.79. The van der Waals surface area contributed by atoms with Crippen LogP contribution in [0.5, 0.6) is 0 Å². The maximum atomic E-state index is 2.21. The minimum Gasteiger partial charge on any atom is -0.144 e. The summed E-state index contributed by atoms with van der Waals surface area (Å²) in [5.41, 5.74) is 2.51. The second-order valence-electron chi connectivity index (χ2n) is 5.49. The third kappa shape index (κ3) is 3.25. The van der Waals surface area contributed by atoms with E-state index < -0.39 is 0 Å². The molecule has 0 unspecified atom stereocenters. The Morgan fingerprint density at radius 3 is 1.42 bits per heavy atom. The van der Waals surface area contributed by atoms with Crippen molar-refractivity contribution in [2.75, 3.05) is 0 Å². The van der Waals surface area contributed by atoms with Crippen molar-refractivity contribution >= 4 is 57.8 Å². The monoisotopic (exact) mass is 344 g/mol. The summed E-state index contributed by atoms with van der Waals surface area (Å²) in [5, 5.41) is 6.80. The van der Waals surface area contributed by atoms with Gasteiger partial charge in [-0.3, -0.25) is 0 Å². The molecule has 0 aliphatic heterocycles. The molecule has 0 atom stereocenters. The fraction of sp³-hybridized carbons (Fsp3) is 0. The number of rotatable bonds is 4. The molecule has 2 heterocycles. The normalized spacial score (nSPS) is 11.8. The zero-order valence-corrected chi connectivity index (χ0v) is 14.7. The minimum absolute atomic E-state index is 1.26. The molecule has 0 spiro atoms. The first-order valence-electron chi connectivity index (χ1n) is 7.85. The highest BCUT2D eigenvalue weighted by molar-refractivity contribution is 7.11. The van der Waals surface area contributed by atoms with E-state index in [1.807, 2.05) is 0 Å². The van der Waals surface area contributed by atoms with Gasteiger partial charge in [0.25, 0.3) is 0 Å². The van der Waals surface area contributed by atoms with Gasteiger partial charge in [-0.2, -0.15) is 0 Å². The van der Waals surface area contributed by atoms with Crippen molar-refractivity contribution in [2.24, 2.45) is 0 Å². The Morgan fingerprint density at radius 1 is 0.500 bits per heavy atom. The average molecular weight is 345 g/mol. The molecule has 4 aromatic rings. The highest BCUT2D eigenvalue weighted by atomic mass is 32.1. The van der Waals surface area contributed by atoms with Crippen LogP contribution in [0.3, 0.4) is 0 Å². The number of hydrogen-bond acceptors (Lipinski definition) is 2. The first-order valence-corrected chi connectivity index (χ1v) is 9.61. The Kier molecular flexibility index (Phi) is 4.41. The van der Waals surface area contributed by atoms with Crippen LogP contribution in [0.4, 0.5) is 0 Å². The zero-order chi connectivity index (χ0) is 16.2. The fourth-order valence-electron chi connectivity index (χ4n) is 2.77. The molecule has 4 rings (SSSR count). The van der Waals surface area contributed by atoms with Gasteiger partial charge in [-0.25, -0.2) is 0 Å². The first kappa shape index (κ1) is 15.1.